The molecule has 3 aliphatic rings. The monoisotopic (exact) mass is 490 g/mol. The normalized spacial score (nSPS) is 26.0. The number of nitrogens with zero attached hydrogens (tertiary/aromatic N) is 5. The molecule has 8 heteroatoms. The van der Waals surface area contributed by atoms with E-state index in [9.17, 15) is 9.90 Å². The molecule has 0 amide bonds. The van der Waals surface area contributed by atoms with Crippen LogP contribution in [0.25, 0.3) is 21.8 Å². The Labute approximate surface area is 212 Å². The molecule has 2 N–H and O–H groups in total. The van der Waals surface area contributed by atoms with Crippen LogP contribution < -0.4 is 10.9 Å². The predicted octanol–water partition coefficient (Wildman–Crippen LogP) is 3.38. The van der Waals surface area contributed by atoms with Gasteiger partial charge in [0.25, 0.3) is 5.56 Å². The Morgan fingerprint density at radius 3 is 2.61 bits per heavy atom. The van der Waals surface area contributed by atoms with Crippen LogP contribution in [0.2, 0.25) is 0 Å². The van der Waals surface area contributed by atoms with Crippen molar-refractivity contribution in [2.24, 2.45) is 5.92 Å². The molecule has 0 radical (unpaired) electrons. The van der Waals surface area contributed by atoms with E-state index in [2.05, 4.69) is 52.3 Å². The Balaban J connectivity index is 1.41. The van der Waals surface area contributed by atoms with Crippen LogP contribution in [0, 0.1) is 5.92 Å². The maximum absolute atomic E-state index is 14.0. The van der Waals surface area contributed by atoms with Gasteiger partial charge in [0.2, 0.25) is 5.95 Å². The van der Waals surface area contributed by atoms with Gasteiger partial charge in [-0.05, 0) is 75.4 Å². The predicted molar refractivity (Wildman–Crippen MR) is 143 cm³/mol. The van der Waals surface area contributed by atoms with Crippen molar-refractivity contribution in [3.63, 3.8) is 0 Å². The smallest absolute Gasteiger partial charge is 0.260 e. The second kappa shape index (κ2) is 9.72. The summed E-state index contributed by atoms with van der Waals surface area (Å²) in [6.45, 7) is 7.14. The van der Waals surface area contributed by atoms with Crippen LogP contribution in [-0.4, -0.2) is 74.8 Å². The molecule has 8 nitrogen and oxygen atoms in total. The number of benzene rings is 1. The Kier molecular flexibility index (Phi) is 6.44. The van der Waals surface area contributed by atoms with E-state index in [4.69, 9.17) is 4.98 Å². The fourth-order valence-electron chi connectivity index (χ4n) is 5.90. The van der Waals surface area contributed by atoms with Crippen molar-refractivity contribution in [1.29, 1.82) is 0 Å². The number of aromatic nitrogens is 3. The Hall–Kier alpha value is -2.55. The molecule has 3 heterocycles. The number of piperazine rings is 1. The summed E-state index contributed by atoms with van der Waals surface area (Å²) in [4.78, 5) is 28.4. The zero-order valence-corrected chi connectivity index (χ0v) is 21.5. The average Bonchev–Trinajstić information content (AvgIpc) is 3.71. The molecule has 0 bridgehead atoms. The van der Waals surface area contributed by atoms with Crippen molar-refractivity contribution in [3.8, 4) is 0 Å². The fourth-order valence-corrected chi connectivity index (χ4v) is 5.90. The Morgan fingerprint density at radius 2 is 1.86 bits per heavy atom. The third-order valence-corrected chi connectivity index (χ3v) is 8.55. The molecule has 0 spiro atoms. The molecule has 6 rings (SSSR count). The SMILES string of the molecule is C[C@@H]1CN(Cc2ccc3c(c2)c(=O)n([C@H]2CC[C@H](O)CC2)c2nc(NCC4CC4)ncc32)CCN1C. The molecule has 2 aliphatic carbocycles. The van der Waals surface area contributed by atoms with Gasteiger partial charge in [0.1, 0.15) is 5.65 Å². The third-order valence-electron chi connectivity index (χ3n) is 8.55. The minimum atomic E-state index is -0.272. The lowest BCUT2D eigenvalue weighted by Crippen LogP contribution is -2.49. The summed E-state index contributed by atoms with van der Waals surface area (Å²) >= 11 is 0. The van der Waals surface area contributed by atoms with Crippen molar-refractivity contribution in [3.05, 3.63) is 40.3 Å². The van der Waals surface area contributed by atoms with Crippen LogP contribution >= 0.6 is 0 Å². The lowest BCUT2D eigenvalue weighted by atomic mass is 9.92. The molecule has 192 valence electrons. The first-order chi connectivity index (χ1) is 17.5. The van der Waals surface area contributed by atoms with Crippen LogP contribution in [-0.2, 0) is 6.54 Å². The first kappa shape index (κ1) is 23.8. The summed E-state index contributed by atoms with van der Waals surface area (Å²) in [5, 5.41) is 16.1. The average molecular weight is 491 g/mol. The summed E-state index contributed by atoms with van der Waals surface area (Å²) in [5.74, 6) is 1.31. The van der Waals surface area contributed by atoms with E-state index in [1.165, 1.54) is 18.4 Å². The van der Waals surface area contributed by atoms with Gasteiger partial charge in [-0.15, -0.1) is 0 Å². The van der Waals surface area contributed by atoms with Crippen molar-refractivity contribution >= 4 is 27.8 Å². The maximum Gasteiger partial charge on any atom is 0.260 e. The van der Waals surface area contributed by atoms with E-state index >= 15 is 0 Å². The quantitative estimate of drug-likeness (QED) is 0.512. The second-order valence-corrected chi connectivity index (χ2v) is 11.3. The molecule has 1 aliphatic heterocycles. The fraction of sp³-hybridized carbons (Fsp3) is 0.607. The first-order valence-electron chi connectivity index (χ1n) is 13.6. The summed E-state index contributed by atoms with van der Waals surface area (Å²) in [7, 11) is 2.19. The highest BCUT2D eigenvalue weighted by molar-refractivity contribution is 6.04. The molecule has 2 aromatic heterocycles. The minimum Gasteiger partial charge on any atom is -0.393 e. The highest BCUT2D eigenvalue weighted by atomic mass is 16.3. The number of hydrogen-bond donors (Lipinski definition) is 2. The van der Waals surface area contributed by atoms with Crippen LogP contribution in [0.15, 0.2) is 29.2 Å². The number of nitrogens with one attached hydrogen (secondary N) is 1. The number of pyridine rings is 1. The zero-order valence-electron chi connectivity index (χ0n) is 21.5. The molecular formula is C28H38N6O2. The van der Waals surface area contributed by atoms with Gasteiger partial charge in [0.15, 0.2) is 0 Å². The van der Waals surface area contributed by atoms with E-state index in [0.717, 1.165) is 74.6 Å². The van der Waals surface area contributed by atoms with Gasteiger partial charge in [-0.25, -0.2) is 4.98 Å². The van der Waals surface area contributed by atoms with Crippen LogP contribution in [0.4, 0.5) is 5.95 Å². The van der Waals surface area contributed by atoms with Gasteiger partial charge in [0.05, 0.1) is 6.10 Å². The summed E-state index contributed by atoms with van der Waals surface area (Å²) in [6.07, 6.45) is 7.14. The zero-order chi connectivity index (χ0) is 24.8. The van der Waals surface area contributed by atoms with Crippen molar-refractivity contribution < 1.29 is 5.11 Å². The standard InChI is InChI=1S/C28H38N6O2/c1-18-16-33(12-11-32(18)2)17-20-5-10-23-24(13-20)27(36)34(21-6-8-22(35)9-7-21)26-25(23)15-30-28(31-26)29-14-19-3-4-19/h5,10,13,15,18-19,21-22,35H,3-4,6-9,11-12,14,16-17H2,1-2H3,(H,29,30,31)/t18-,21-,22-/m1/s1. The van der Waals surface area contributed by atoms with Crippen molar-refractivity contribution in [2.75, 3.05) is 38.5 Å². The van der Waals surface area contributed by atoms with Crippen LogP contribution in [0.3, 0.4) is 0 Å². The topological polar surface area (TPSA) is 86.5 Å². The largest absolute Gasteiger partial charge is 0.393 e. The van der Waals surface area contributed by atoms with Crippen LogP contribution in [0.1, 0.15) is 57.1 Å². The second-order valence-electron chi connectivity index (χ2n) is 11.3. The Bertz CT molecular complexity index is 1310. The van der Waals surface area contributed by atoms with E-state index in [0.29, 0.717) is 23.6 Å². The lowest BCUT2D eigenvalue weighted by Gasteiger charge is -2.37. The van der Waals surface area contributed by atoms with Gasteiger partial charge < -0.3 is 15.3 Å². The van der Waals surface area contributed by atoms with Gasteiger partial charge in [-0.2, -0.15) is 4.98 Å². The highest BCUT2D eigenvalue weighted by Crippen LogP contribution is 2.33. The van der Waals surface area contributed by atoms with Gasteiger partial charge in [-0.3, -0.25) is 14.3 Å². The van der Waals surface area contributed by atoms with E-state index < -0.39 is 0 Å². The number of fused-ring (bicyclic) bond motifs is 3. The summed E-state index contributed by atoms with van der Waals surface area (Å²) in [6, 6.07) is 6.91. The lowest BCUT2D eigenvalue weighted by molar-refractivity contribution is 0.100. The molecule has 1 aromatic carbocycles. The molecule has 1 atom stereocenters. The molecule has 2 saturated carbocycles. The van der Waals surface area contributed by atoms with Crippen molar-refractivity contribution in [2.45, 2.75) is 70.2 Å². The molecule has 0 unspecified atom stereocenters. The molecular weight excluding hydrogens is 452 g/mol. The summed E-state index contributed by atoms with van der Waals surface area (Å²) < 4.78 is 1.91. The van der Waals surface area contributed by atoms with Gasteiger partial charge in [-0.1, -0.05) is 12.1 Å². The molecule has 3 fully saturated rings. The van der Waals surface area contributed by atoms with Gasteiger partial charge in [0, 0.05) is 61.8 Å². The van der Waals surface area contributed by atoms with Gasteiger partial charge >= 0.3 is 0 Å². The molecule has 3 aromatic rings. The molecule has 1 saturated heterocycles. The maximum atomic E-state index is 14.0. The third kappa shape index (κ3) is 4.74. The molecule has 36 heavy (non-hydrogen) atoms. The Morgan fingerprint density at radius 1 is 1.06 bits per heavy atom. The van der Waals surface area contributed by atoms with E-state index in [1.807, 2.05) is 10.8 Å². The number of rotatable bonds is 6. The van der Waals surface area contributed by atoms with Crippen LogP contribution in [0.5, 0.6) is 0 Å². The number of aliphatic hydroxyl groups excluding tert-OH is 1. The minimum absolute atomic E-state index is 0.0272. The highest BCUT2D eigenvalue weighted by Gasteiger charge is 2.26. The number of aliphatic hydroxyl groups is 1. The van der Waals surface area contributed by atoms with E-state index in [1.54, 1.807) is 0 Å². The number of likely N-dealkylation sites (N-methyl/N-ethyl adjacent to an activating group) is 1. The van der Waals surface area contributed by atoms with E-state index in [-0.39, 0.29) is 17.7 Å². The summed E-state index contributed by atoms with van der Waals surface area (Å²) in [5.41, 5.74) is 1.91. The number of hydrogen-bond acceptors (Lipinski definition) is 7. The number of anilines is 1. The first-order valence-corrected chi connectivity index (χ1v) is 13.6. The van der Waals surface area contributed by atoms with Crippen molar-refractivity contribution in [1.82, 2.24) is 24.3 Å².